The smallest absolute Gasteiger partial charge is 0.135 e. The first-order valence-corrected chi connectivity index (χ1v) is 16.9. The van der Waals surface area contributed by atoms with Crippen LogP contribution in [0.5, 0.6) is 0 Å². The minimum absolute atomic E-state index is 0.914. The summed E-state index contributed by atoms with van der Waals surface area (Å²) in [5.41, 5.74) is 14.5. The standard InChI is InChI=1S/C48H28O/c1-2-15-32-31(14-1)34-21-9-12-29-13-10-23-40(45(29)34)48-35(32)22-11-24-41(48)47-38-19-5-3-17-36(38)46(37-18-4-6-20-39(37)47)30-26-27-44-42(28-30)33-16-7-8-25-43(33)49-44/h1-28H. The molecule has 0 saturated heterocycles. The monoisotopic (exact) mass is 620 g/mol. The van der Waals surface area contributed by atoms with Gasteiger partial charge in [0.2, 0.25) is 0 Å². The van der Waals surface area contributed by atoms with Gasteiger partial charge in [-0.25, -0.2) is 0 Å². The van der Waals surface area contributed by atoms with Gasteiger partial charge in [-0.3, -0.25) is 0 Å². The number of para-hydroxylation sites is 1. The van der Waals surface area contributed by atoms with Gasteiger partial charge < -0.3 is 4.42 Å². The zero-order chi connectivity index (χ0) is 32.1. The normalized spacial score (nSPS) is 12.1. The van der Waals surface area contributed by atoms with Crippen LogP contribution in [-0.2, 0) is 0 Å². The molecule has 0 spiro atoms. The molecule has 0 unspecified atom stereocenters. The molecule has 0 atom stereocenters. The van der Waals surface area contributed by atoms with Gasteiger partial charge in [-0.05, 0) is 106 Å². The number of hydrogen-bond donors (Lipinski definition) is 0. The first-order valence-electron chi connectivity index (χ1n) is 16.9. The van der Waals surface area contributed by atoms with Crippen LogP contribution in [0.15, 0.2) is 174 Å². The highest BCUT2D eigenvalue weighted by Gasteiger charge is 2.26. The molecule has 0 fully saturated rings. The summed E-state index contributed by atoms with van der Waals surface area (Å²) < 4.78 is 6.23. The van der Waals surface area contributed by atoms with Crippen molar-refractivity contribution >= 4 is 54.3 Å². The third kappa shape index (κ3) is 3.70. The molecule has 0 saturated carbocycles. The van der Waals surface area contributed by atoms with Crippen molar-refractivity contribution in [2.45, 2.75) is 0 Å². The first-order chi connectivity index (χ1) is 24.3. The Kier molecular flexibility index (Phi) is 5.45. The molecule has 0 N–H and O–H groups in total. The van der Waals surface area contributed by atoms with Crippen LogP contribution in [0.4, 0.5) is 0 Å². The van der Waals surface area contributed by atoms with Crippen molar-refractivity contribution in [3.63, 3.8) is 0 Å². The quantitative estimate of drug-likeness (QED) is 0.175. The molecule has 1 aliphatic carbocycles. The summed E-state index contributed by atoms with van der Waals surface area (Å²) in [6.07, 6.45) is 0. The predicted molar refractivity (Wildman–Crippen MR) is 207 cm³/mol. The molecule has 0 amide bonds. The third-order valence-corrected chi connectivity index (χ3v) is 10.6. The second-order valence-electron chi connectivity index (χ2n) is 13.1. The van der Waals surface area contributed by atoms with E-state index in [2.05, 4.69) is 164 Å². The van der Waals surface area contributed by atoms with E-state index in [1.165, 1.54) is 88.0 Å². The highest BCUT2D eigenvalue weighted by atomic mass is 16.3. The van der Waals surface area contributed by atoms with E-state index in [1.54, 1.807) is 0 Å². The fourth-order valence-corrected chi connectivity index (χ4v) is 8.61. The lowest BCUT2D eigenvalue weighted by Crippen LogP contribution is -1.94. The summed E-state index contributed by atoms with van der Waals surface area (Å²) >= 11 is 0. The summed E-state index contributed by atoms with van der Waals surface area (Å²) in [4.78, 5) is 0. The fourth-order valence-electron chi connectivity index (χ4n) is 8.61. The van der Waals surface area contributed by atoms with Crippen LogP contribution in [0.1, 0.15) is 0 Å². The molecule has 49 heavy (non-hydrogen) atoms. The van der Waals surface area contributed by atoms with Gasteiger partial charge in [0.25, 0.3) is 0 Å². The maximum atomic E-state index is 6.23. The van der Waals surface area contributed by atoms with Crippen molar-refractivity contribution in [2.24, 2.45) is 0 Å². The van der Waals surface area contributed by atoms with Gasteiger partial charge >= 0.3 is 0 Å². The Balaban J connectivity index is 1.28. The fraction of sp³-hybridized carbons (Fsp3) is 0. The molecular weight excluding hydrogens is 593 g/mol. The van der Waals surface area contributed by atoms with E-state index in [0.717, 1.165) is 21.9 Å². The second-order valence-corrected chi connectivity index (χ2v) is 13.1. The van der Waals surface area contributed by atoms with E-state index < -0.39 is 0 Å². The average molecular weight is 621 g/mol. The van der Waals surface area contributed by atoms with Gasteiger partial charge in [-0.1, -0.05) is 152 Å². The molecule has 1 aliphatic rings. The summed E-state index contributed by atoms with van der Waals surface area (Å²) in [6.45, 7) is 0. The van der Waals surface area contributed by atoms with Crippen LogP contribution in [0.2, 0.25) is 0 Å². The molecule has 11 rings (SSSR count). The van der Waals surface area contributed by atoms with Crippen molar-refractivity contribution in [1.82, 2.24) is 0 Å². The zero-order valence-electron chi connectivity index (χ0n) is 26.6. The Morgan fingerprint density at radius 1 is 0.286 bits per heavy atom. The molecule has 1 heteroatoms. The number of rotatable bonds is 2. The minimum atomic E-state index is 0.914. The van der Waals surface area contributed by atoms with Crippen molar-refractivity contribution in [3.05, 3.63) is 170 Å². The number of hydrogen-bond acceptors (Lipinski definition) is 1. The van der Waals surface area contributed by atoms with Gasteiger partial charge in [0.1, 0.15) is 11.2 Å². The topological polar surface area (TPSA) is 13.1 Å². The van der Waals surface area contributed by atoms with Crippen LogP contribution in [0, 0.1) is 0 Å². The summed E-state index contributed by atoms with van der Waals surface area (Å²) in [7, 11) is 0. The minimum Gasteiger partial charge on any atom is -0.456 e. The molecule has 0 bridgehead atoms. The van der Waals surface area contributed by atoms with Gasteiger partial charge in [0.05, 0.1) is 0 Å². The lowest BCUT2D eigenvalue weighted by Gasteiger charge is -2.21. The number of fused-ring (bicyclic) bond motifs is 10. The molecule has 9 aromatic carbocycles. The second kappa shape index (κ2) is 10.0. The SMILES string of the molecule is c1ccc2c(c1)-c1cccc(-c3c4ccccc4c(-c4ccc5oc6ccccc6c5c4)c4ccccc34)c1-c1cccc3cccc-2c13. The van der Waals surface area contributed by atoms with Crippen LogP contribution < -0.4 is 0 Å². The molecular formula is C48H28O. The maximum absolute atomic E-state index is 6.23. The Labute approximate surface area is 283 Å². The molecule has 0 aliphatic heterocycles. The number of furan rings is 1. The van der Waals surface area contributed by atoms with Gasteiger partial charge in [-0.15, -0.1) is 0 Å². The van der Waals surface area contributed by atoms with Crippen molar-refractivity contribution in [2.75, 3.05) is 0 Å². The lowest BCUT2D eigenvalue weighted by atomic mass is 9.81. The molecule has 1 nitrogen and oxygen atoms in total. The van der Waals surface area contributed by atoms with E-state index in [1.807, 2.05) is 6.07 Å². The van der Waals surface area contributed by atoms with Crippen molar-refractivity contribution in [3.8, 4) is 55.6 Å². The summed E-state index contributed by atoms with van der Waals surface area (Å²) in [6, 6.07) is 62.3. The van der Waals surface area contributed by atoms with Crippen molar-refractivity contribution in [1.29, 1.82) is 0 Å². The van der Waals surface area contributed by atoms with Gasteiger partial charge in [0.15, 0.2) is 0 Å². The Morgan fingerprint density at radius 3 is 1.53 bits per heavy atom. The summed E-state index contributed by atoms with van der Waals surface area (Å²) in [5.74, 6) is 0. The van der Waals surface area contributed by atoms with Crippen LogP contribution in [0.3, 0.4) is 0 Å². The Bertz CT molecular complexity index is 2930. The van der Waals surface area contributed by atoms with E-state index in [-0.39, 0.29) is 0 Å². The van der Waals surface area contributed by atoms with E-state index >= 15 is 0 Å². The predicted octanol–water partition coefficient (Wildman–Crippen LogP) is 13.7. The van der Waals surface area contributed by atoms with Crippen LogP contribution >= 0.6 is 0 Å². The lowest BCUT2D eigenvalue weighted by molar-refractivity contribution is 0.669. The first kappa shape index (κ1) is 26.6. The van der Waals surface area contributed by atoms with Crippen molar-refractivity contribution < 1.29 is 4.42 Å². The molecule has 1 heterocycles. The molecule has 1 aromatic heterocycles. The summed E-state index contributed by atoms with van der Waals surface area (Å²) in [5, 5.41) is 9.85. The third-order valence-electron chi connectivity index (χ3n) is 10.6. The largest absolute Gasteiger partial charge is 0.456 e. The average Bonchev–Trinajstić information content (AvgIpc) is 3.48. The highest BCUT2D eigenvalue weighted by molar-refractivity contribution is 6.25. The zero-order valence-corrected chi connectivity index (χ0v) is 26.6. The molecule has 226 valence electrons. The van der Waals surface area contributed by atoms with Crippen LogP contribution in [0.25, 0.3) is 110 Å². The molecule has 0 radical (unpaired) electrons. The van der Waals surface area contributed by atoms with Gasteiger partial charge in [0, 0.05) is 10.8 Å². The van der Waals surface area contributed by atoms with E-state index in [0.29, 0.717) is 0 Å². The highest BCUT2D eigenvalue weighted by Crippen LogP contribution is 2.53. The maximum Gasteiger partial charge on any atom is 0.135 e. The van der Waals surface area contributed by atoms with E-state index in [4.69, 9.17) is 4.42 Å². The molecule has 10 aromatic rings. The van der Waals surface area contributed by atoms with Gasteiger partial charge in [-0.2, -0.15) is 0 Å². The van der Waals surface area contributed by atoms with E-state index in [9.17, 15) is 0 Å². The number of benzene rings is 9. The Hall–Kier alpha value is -6.44. The van der Waals surface area contributed by atoms with Crippen LogP contribution in [-0.4, -0.2) is 0 Å². The Morgan fingerprint density at radius 2 is 0.796 bits per heavy atom.